The largest absolute Gasteiger partial charge is 0.352 e. The van der Waals surface area contributed by atoms with Crippen LogP contribution in [0.25, 0.3) is 0 Å². The number of nitrogens with one attached hydrogen (secondary N) is 1. The van der Waals surface area contributed by atoms with Gasteiger partial charge in [0, 0.05) is 37.4 Å². The number of anilines is 3. The third-order valence-corrected chi connectivity index (χ3v) is 6.94. The van der Waals surface area contributed by atoms with E-state index in [1.807, 2.05) is 36.1 Å². The number of benzene rings is 1. The highest BCUT2D eigenvalue weighted by atomic mass is 35.5. The van der Waals surface area contributed by atoms with Crippen molar-refractivity contribution in [3.63, 3.8) is 0 Å². The molecule has 3 heterocycles. The summed E-state index contributed by atoms with van der Waals surface area (Å²) in [6, 6.07) is 13.9. The Bertz CT molecular complexity index is 1110. The Kier molecular flexibility index (Phi) is 5.85. The minimum Gasteiger partial charge on any atom is -0.352 e. The SMILES string of the molecule is Cc1ccc(Nc2ccc(N3CCN(S(=O)(=O)c4cccc(Cl)c4)CC3)nn2)nc1. The molecule has 1 fully saturated rings. The molecular formula is C20H21ClN6O2S. The molecule has 0 bridgehead atoms. The van der Waals surface area contributed by atoms with E-state index in [1.165, 1.54) is 10.4 Å². The molecule has 0 aliphatic carbocycles. The normalized spacial score (nSPS) is 15.2. The van der Waals surface area contributed by atoms with Crippen LogP contribution in [-0.2, 0) is 10.0 Å². The first kappa shape index (κ1) is 20.5. The Labute approximate surface area is 180 Å². The molecule has 30 heavy (non-hydrogen) atoms. The van der Waals surface area contributed by atoms with E-state index in [0.717, 1.165) is 5.56 Å². The van der Waals surface area contributed by atoms with Gasteiger partial charge in [-0.25, -0.2) is 13.4 Å². The summed E-state index contributed by atoms with van der Waals surface area (Å²) in [5, 5.41) is 12.0. The molecule has 1 N–H and O–H groups in total. The number of sulfonamides is 1. The number of aromatic nitrogens is 3. The topological polar surface area (TPSA) is 91.3 Å². The van der Waals surface area contributed by atoms with Gasteiger partial charge in [-0.2, -0.15) is 4.31 Å². The van der Waals surface area contributed by atoms with Crippen molar-refractivity contribution in [2.45, 2.75) is 11.8 Å². The summed E-state index contributed by atoms with van der Waals surface area (Å²) < 4.78 is 27.1. The maximum atomic E-state index is 12.8. The zero-order valence-electron chi connectivity index (χ0n) is 16.4. The second-order valence-corrected chi connectivity index (χ2v) is 9.35. The van der Waals surface area contributed by atoms with Crippen LogP contribution in [0.15, 0.2) is 59.6 Å². The van der Waals surface area contributed by atoms with Crippen LogP contribution in [0.2, 0.25) is 5.02 Å². The van der Waals surface area contributed by atoms with Crippen LogP contribution in [0, 0.1) is 6.92 Å². The van der Waals surface area contributed by atoms with Crippen LogP contribution in [0.4, 0.5) is 17.5 Å². The van der Waals surface area contributed by atoms with E-state index in [0.29, 0.717) is 48.7 Å². The van der Waals surface area contributed by atoms with E-state index in [-0.39, 0.29) is 4.90 Å². The smallest absolute Gasteiger partial charge is 0.243 e. The van der Waals surface area contributed by atoms with Gasteiger partial charge in [0.05, 0.1) is 4.90 Å². The molecule has 0 radical (unpaired) electrons. The molecule has 1 aliphatic rings. The number of rotatable bonds is 5. The molecular weight excluding hydrogens is 424 g/mol. The summed E-state index contributed by atoms with van der Waals surface area (Å²) in [6.45, 7) is 3.76. The molecule has 156 valence electrons. The van der Waals surface area contributed by atoms with Gasteiger partial charge in [0.2, 0.25) is 10.0 Å². The maximum absolute atomic E-state index is 12.8. The highest BCUT2D eigenvalue weighted by Crippen LogP contribution is 2.22. The molecule has 3 aromatic rings. The first-order valence-corrected chi connectivity index (χ1v) is 11.3. The first-order chi connectivity index (χ1) is 14.4. The third-order valence-electron chi connectivity index (χ3n) is 4.81. The lowest BCUT2D eigenvalue weighted by Gasteiger charge is -2.34. The third kappa shape index (κ3) is 4.53. The van der Waals surface area contributed by atoms with Crippen LogP contribution >= 0.6 is 11.6 Å². The highest BCUT2D eigenvalue weighted by Gasteiger charge is 2.29. The highest BCUT2D eigenvalue weighted by molar-refractivity contribution is 7.89. The lowest BCUT2D eigenvalue weighted by atomic mass is 10.3. The van der Waals surface area contributed by atoms with Crippen molar-refractivity contribution in [3.8, 4) is 0 Å². The van der Waals surface area contributed by atoms with Gasteiger partial charge in [-0.15, -0.1) is 10.2 Å². The van der Waals surface area contributed by atoms with Crippen LogP contribution in [0.1, 0.15) is 5.56 Å². The molecule has 4 rings (SSSR count). The number of nitrogens with zero attached hydrogens (tertiary/aromatic N) is 5. The molecule has 1 aliphatic heterocycles. The Balaban J connectivity index is 1.38. The summed E-state index contributed by atoms with van der Waals surface area (Å²) in [5.74, 6) is 2.00. The van der Waals surface area contributed by atoms with Crippen LogP contribution in [-0.4, -0.2) is 54.1 Å². The van der Waals surface area contributed by atoms with Gasteiger partial charge in [0.15, 0.2) is 11.6 Å². The lowest BCUT2D eigenvalue weighted by molar-refractivity contribution is 0.383. The molecule has 8 nitrogen and oxygen atoms in total. The second kappa shape index (κ2) is 8.55. The van der Waals surface area contributed by atoms with Gasteiger partial charge < -0.3 is 10.2 Å². The van der Waals surface area contributed by atoms with Gasteiger partial charge in [-0.3, -0.25) is 0 Å². The van der Waals surface area contributed by atoms with E-state index in [2.05, 4.69) is 20.5 Å². The Morgan fingerprint density at radius 3 is 2.37 bits per heavy atom. The standard InChI is InChI=1S/C20H21ClN6O2S/c1-15-5-6-18(22-14-15)23-19-7-8-20(25-24-19)26-9-11-27(12-10-26)30(28,29)17-4-2-3-16(21)13-17/h2-8,13-14H,9-12H2,1H3,(H,22,23,24). The number of aryl methyl sites for hydroxylation is 1. The van der Waals surface area contributed by atoms with Crippen LogP contribution in [0.5, 0.6) is 0 Å². The average Bonchev–Trinajstić information content (AvgIpc) is 2.76. The van der Waals surface area contributed by atoms with Crippen molar-refractivity contribution < 1.29 is 8.42 Å². The van der Waals surface area contributed by atoms with Crippen LogP contribution in [0.3, 0.4) is 0 Å². The van der Waals surface area contributed by atoms with Gasteiger partial charge in [-0.05, 0) is 48.9 Å². The summed E-state index contributed by atoms with van der Waals surface area (Å²) >= 11 is 5.95. The monoisotopic (exact) mass is 444 g/mol. The number of hydrogen-bond acceptors (Lipinski definition) is 7. The average molecular weight is 445 g/mol. The Morgan fingerprint density at radius 1 is 0.967 bits per heavy atom. The minimum absolute atomic E-state index is 0.211. The first-order valence-electron chi connectivity index (χ1n) is 9.46. The zero-order valence-corrected chi connectivity index (χ0v) is 17.9. The molecule has 0 unspecified atom stereocenters. The number of piperazine rings is 1. The fraction of sp³-hybridized carbons (Fsp3) is 0.250. The van der Waals surface area contributed by atoms with Crippen molar-refractivity contribution in [2.75, 3.05) is 36.4 Å². The molecule has 2 aromatic heterocycles. The molecule has 1 aromatic carbocycles. The Hall–Kier alpha value is -2.75. The molecule has 0 spiro atoms. The predicted octanol–water partition coefficient (Wildman–Crippen LogP) is 3.09. The number of halogens is 1. The molecule has 0 saturated carbocycles. The number of hydrogen-bond donors (Lipinski definition) is 1. The maximum Gasteiger partial charge on any atom is 0.243 e. The van der Waals surface area contributed by atoms with E-state index >= 15 is 0 Å². The Morgan fingerprint density at radius 2 is 1.73 bits per heavy atom. The van der Waals surface area contributed by atoms with Crippen molar-refractivity contribution >= 4 is 39.1 Å². The van der Waals surface area contributed by atoms with Gasteiger partial charge in [0.25, 0.3) is 0 Å². The van der Waals surface area contributed by atoms with E-state index in [4.69, 9.17) is 11.6 Å². The van der Waals surface area contributed by atoms with Crippen molar-refractivity contribution in [3.05, 3.63) is 65.3 Å². The van der Waals surface area contributed by atoms with Crippen LogP contribution < -0.4 is 10.2 Å². The van der Waals surface area contributed by atoms with Crippen molar-refractivity contribution in [2.24, 2.45) is 0 Å². The number of pyridine rings is 1. The minimum atomic E-state index is -3.57. The molecule has 0 atom stereocenters. The van der Waals surface area contributed by atoms with Crippen molar-refractivity contribution in [1.82, 2.24) is 19.5 Å². The van der Waals surface area contributed by atoms with E-state index in [1.54, 1.807) is 24.4 Å². The summed E-state index contributed by atoms with van der Waals surface area (Å²) in [6.07, 6.45) is 1.78. The molecule has 0 amide bonds. The van der Waals surface area contributed by atoms with Gasteiger partial charge >= 0.3 is 0 Å². The fourth-order valence-electron chi connectivity index (χ4n) is 3.17. The fourth-order valence-corrected chi connectivity index (χ4v) is 4.89. The summed E-state index contributed by atoms with van der Waals surface area (Å²) in [4.78, 5) is 6.52. The molecule has 10 heteroatoms. The van der Waals surface area contributed by atoms with E-state index < -0.39 is 10.0 Å². The quantitative estimate of drug-likeness (QED) is 0.646. The summed E-state index contributed by atoms with van der Waals surface area (Å²) in [7, 11) is -3.57. The second-order valence-electron chi connectivity index (χ2n) is 6.97. The van der Waals surface area contributed by atoms with Crippen molar-refractivity contribution in [1.29, 1.82) is 0 Å². The molecule has 1 saturated heterocycles. The zero-order chi connectivity index (χ0) is 21.1. The lowest BCUT2D eigenvalue weighted by Crippen LogP contribution is -2.49. The van der Waals surface area contributed by atoms with Gasteiger partial charge in [0.1, 0.15) is 5.82 Å². The van der Waals surface area contributed by atoms with Gasteiger partial charge in [-0.1, -0.05) is 23.7 Å². The summed E-state index contributed by atoms with van der Waals surface area (Å²) in [5.41, 5.74) is 1.08. The van der Waals surface area contributed by atoms with E-state index in [9.17, 15) is 8.42 Å². The predicted molar refractivity (Wildman–Crippen MR) is 117 cm³/mol.